The van der Waals surface area contributed by atoms with Crippen molar-refractivity contribution >= 4 is 22.5 Å². The predicted molar refractivity (Wildman–Crippen MR) is 57.3 cm³/mol. The summed E-state index contributed by atoms with van der Waals surface area (Å²) in [7, 11) is 0. The van der Waals surface area contributed by atoms with Gasteiger partial charge in [0, 0.05) is 17.9 Å². The molecule has 0 amide bonds. The van der Waals surface area contributed by atoms with Gasteiger partial charge in [0.05, 0.1) is 5.52 Å². The Labute approximate surface area is 91.1 Å². The SMILES string of the molecule is NCCc1nc(Cl)c2ccc(F)cc2n1. The van der Waals surface area contributed by atoms with E-state index in [1.165, 1.54) is 12.1 Å². The Morgan fingerprint density at radius 3 is 2.87 bits per heavy atom. The van der Waals surface area contributed by atoms with Crippen LogP contribution in [0.1, 0.15) is 5.82 Å². The third-order valence-corrected chi connectivity index (χ3v) is 2.31. The van der Waals surface area contributed by atoms with Crippen LogP contribution >= 0.6 is 11.6 Å². The molecule has 15 heavy (non-hydrogen) atoms. The highest BCUT2D eigenvalue weighted by molar-refractivity contribution is 6.34. The van der Waals surface area contributed by atoms with E-state index in [0.717, 1.165) is 0 Å². The van der Waals surface area contributed by atoms with Crippen molar-refractivity contribution in [2.45, 2.75) is 6.42 Å². The maximum atomic E-state index is 13.0. The second kappa shape index (κ2) is 4.08. The van der Waals surface area contributed by atoms with E-state index in [9.17, 15) is 4.39 Å². The minimum atomic E-state index is -0.337. The Morgan fingerprint density at radius 1 is 1.33 bits per heavy atom. The van der Waals surface area contributed by atoms with E-state index >= 15 is 0 Å². The molecule has 3 nitrogen and oxygen atoms in total. The fraction of sp³-hybridized carbons (Fsp3) is 0.200. The molecule has 0 radical (unpaired) electrons. The maximum Gasteiger partial charge on any atom is 0.140 e. The summed E-state index contributed by atoms with van der Waals surface area (Å²) in [6, 6.07) is 4.24. The van der Waals surface area contributed by atoms with Crippen molar-refractivity contribution in [2.75, 3.05) is 6.54 Å². The molecule has 1 heterocycles. The summed E-state index contributed by atoms with van der Waals surface area (Å²) in [4.78, 5) is 8.24. The van der Waals surface area contributed by atoms with E-state index in [4.69, 9.17) is 17.3 Å². The number of benzene rings is 1. The van der Waals surface area contributed by atoms with E-state index in [0.29, 0.717) is 34.8 Å². The zero-order valence-corrected chi connectivity index (χ0v) is 8.63. The van der Waals surface area contributed by atoms with Crippen molar-refractivity contribution in [1.29, 1.82) is 0 Å². The molecular formula is C10H9ClFN3. The summed E-state index contributed by atoms with van der Waals surface area (Å²) in [6.45, 7) is 0.442. The van der Waals surface area contributed by atoms with E-state index in [2.05, 4.69) is 9.97 Å². The molecule has 2 rings (SSSR count). The lowest BCUT2D eigenvalue weighted by atomic mass is 10.2. The molecule has 5 heteroatoms. The van der Waals surface area contributed by atoms with Crippen LogP contribution in [0.3, 0.4) is 0 Å². The summed E-state index contributed by atoms with van der Waals surface area (Å²) in [5.41, 5.74) is 5.90. The third-order valence-electron chi connectivity index (χ3n) is 2.03. The topological polar surface area (TPSA) is 51.8 Å². The Bertz CT molecular complexity index is 501. The molecule has 0 unspecified atom stereocenters. The Morgan fingerprint density at radius 2 is 2.13 bits per heavy atom. The second-order valence-electron chi connectivity index (χ2n) is 3.13. The average Bonchev–Trinajstić information content (AvgIpc) is 2.17. The third kappa shape index (κ3) is 2.06. The van der Waals surface area contributed by atoms with Crippen molar-refractivity contribution < 1.29 is 4.39 Å². The number of halogens is 2. The lowest BCUT2D eigenvalue weighted by Crippen LogP contribution is -2.06. The van der Waals surface area contributed by atoms with Gasteiger partial charge in [-0.05, 0) is 18.7 Å². The molecule has 1 aromatic heterocycles. The second-order valence-corrected chi connectivity index (χ2v) is 3.49. The molecule has 0 saturated heterocycles. The molecule has 0 spiro atoms. The summed E-state index contributed by atoms with van der Waals surface area (Å²) in [5, 5.41) is 0.988. The van der Waals surface area contributed by atoms with Gasteiger partial charge in [-0.15, -0.1) is 0 Å². The zero-order valence-electron chi connectivity index (χ0n) is 7.87. The standard InChI is InChI=1S/C10H9ClFN3/c11-10-7-2-1-6(12)5-8(7)14-9(15-10)3-4-13/h1-2,5H,3-4,13H2. The molecule has 0 fully saturated rings. The van der Waals surface area contributed by atoms with E-state index < -0.39 is 0 Å². The average molecular weight is 226 g/mol. The van der Waals surface area contributed by atoms with Gasteiger partial charge in [-0.25, -0.2) is 14.4 Å². The van der Waals surface area contributed by atoms with Gasteiger partial charge >= 0.3 is 0 Å². The Hall–Kier alpha value is -1.26. The van der Waals surface area contributed by atoms with Gasteiger partial charge in [0.25, 0.3) is 0 Å². The first kappa shape index (κ1) is 10.3. The van der Waals surface area contributed by atoms with Crippen LogP contribution in [0.4, 0.5) is 4.39 Å². The predicted octanol–water partition coefficient (Wildman–Crippen LogP) is 1.92. The van der Waals surface area contributed by atoms with Crippen molar-refractivity contribution in [3.05, 3.63) is 35.0 Å². The quantitative estimate of drug-likeness (QED) is 0.795. The van der Waals surface area contributed by atoms with Crippen LogP contribution in [-0.4, -0.2) is 16.5 Å². The van der Waals surface area contributed by atoms with Gasteiger partial charge in [-0.3, -0.25) is 0 Å². The maximum absolute atomic E-state index is 13.0. The number of nitrogens with zero attached hydrogens (tertiary/aromatic N) is 2. The lowest BCUT2D eigenvalue weighted by Gasteiger charge is -2.03. The fourth-order valence-electron chi connectivity index (χ4n) is 1.35. The Kier molecular flexibility index (Phi) is 2.79. The van der Waals surface area contributed by atoms with Crippen LogP contribution in [0.25, 0.3) is 10.9 Å². The van der Waals surface area contributed by atoms with Crippen molar-refractivity contribution in [3.8, 4) is 0 Å². The van der Waals surface area contributed by atoms with Crippen molar-refractivity contribution in [3.63, 3.8) is 0 Å². The van der Waals surface area contributed by atoms with Crippen LogP contribution < -0.4 is 5.73 Å². The highest BCUT2D eigenvalue weighted by atomic mass is 35.5. The van der Waals surface area contributed by atoms with Gasteiger partial charge in [-0.1, -0.05) is 11.6 Å². The number of hydrogen-bond acceptors (Lipinski definition) is 3. The van der Waals surface area contributed by atoms with Gasteiger partial charge in [0.1, 0.15) is 16.8 Å². The van der Waals surface area contributed by atoms with Crippen LogP contribution in [0.2, 0.25) is 5.15 Å². The van der Waals surface area contributed by atoms with Crippen LogP contribution in [-0.2, 0) is 6.42 Å². The van der Waals surface area contributed by atoms with Gasteiger partial charge in [-0.2, -0.15) is 0 Å². The number of aromatic nitrogens is 2. The molecule has 1 aromatic carbocycles. The summed E-state index contributed by atoms with van der Waals surface area (Å²) >= 11 is 5.94. The smallest absolute Gasteiger partial charge is 0.140 e. The van der Waals surface area contributed by atoms with Gasteiger partial charge < -0.3 is 5.73 Å². The summed E-state index contributed by atoms with van der Waals surface area (Å²) in [5.74, 6) is 0.205. The monoisotopic (exact) mass is 225 g/mol. The van der Waals surface area contributed by atoms with Crippen molar-refractivity contribution in [2.24, 2.45) is 5.73 Å². The van der Waals surface area contributed by atoms with Gasteiger partial charge in [0.2, 0.25) is 0 Å². The number of fused-ring (bicyclic) bond motifs is 1. The van der Waals surface area contributed by atoms with E-state index in [1.807, 2.05) is 0 Å². The normalized spacial score (nSPS) is 10.9. The molecule has 0 atom stereocenters. The minimum Gasteiger partial charge on any atom is -0.330 e. The van der Waals surface area contributed by atoms with Crippen LogP contribution in [0.15, 0.2) is 18.2 Å². The first-order valence-corrected chi connectivity index (χ1v) is 4.90. The summed E-state index contributed by atoms with van der Waals surface area (Å²) < 4.78 is 13.0. The molecule has 2 aromatic rings. The highest BCUT2D eigenvalue weighted by Gasteiger charge is 2.06. The van der Waals surface area contributed by atoms with E-state index in [-0.39, 0.29) is 5.82 Å². The molecule has 2 N–H and O–H groups in total. The molecule has 0 aliphatic carbocycles. The molecule has 0 aliphatic rings. The minimum absolute atomic E-state index is 0.337. The van der Waals surface area contributed by atoms with Crippen molar-refractivity contribution in [1.82, 2.24) is 9.97 Å². The molecule has 0 bridgehead atoms. The Balaban J connectivity index is 2.63. The number of hydrogen-bond donors (Lipinski definition) is 1. The van der Waals surface area contributed by atoms with E-state index in [1.54, 1.807) is 6.07 Å². The molecule has 0 aliphatic heterocycles. The lowest BCUT2D eigenvalue weighted by molar-refractivity contribution is 0.629. The highest BCUT2D eigenvalue weighted by Crippen LogP contribution is 2.20. The first-order valence-electron chi connectivity index (χ1n) is 4.52. The molecular weight excluding hydrogens is 217 g/mol. The number of nitrogens with two attached hydrogens (primary N) is 1. The first-order chi connectivity index (χ1) is 7.20. The largest absolute Gasteiger partial charge is 0.330 e. The zero-order chi connectivity index (χ0) is 10.8. The fourth-order valence-corrected chi connectivity index (χ4v) is 1.61. The van der Waals surface area contributed by atoms with Gasteiger partial charge in [0.15, 0.2) is 0 Å². The van der Waals surface area contributed by atoms with Crippen LogP contribution in [0, 0.1) is 5.82 Å². The molecule has 0 saturated carbocycles. The van der Waals surface area contributed by atoms with Crippen LogP contribution in [0.5, 0.6) is 0 Å². The molecule has 78 valence electrons. The summed E-state index contributed by atoms with van der Waals surface area (Å²) in [6.07, 6.45) is 0.534. The number of rotatable bonds is 2.